The Labute approximate surface area is 116 Å². The van der Waals surface area contributed by atoms with Gasteiger partial charge < -0.3 is 10.4 Å². The smallest absolute Gasteiger partial charge is 0.335 e. The SMILES string of the molecule is CCSCCC(C)NC(=O)c1cc(C(=O)O)ccn1. The molecule has 0 spiro atoms. The third-order valence-corrected chi connectivity index (χ3v) is 3.45. The molecule has 1 heterocycles. The number of rotatable bonds is 7. The van der Waals surface area contributed by atoms with E-state index in [0.29, 0.717) is 0 Å². The number of hydrogen-bond donors (Lipinski definition) is 2. The quantitative estimate of drug-likeness (QED) is 0.748. The zero-order valence-corrected chi connectivity index (χ0v) is 11.9. The Balaban J connectivity index is 2.57. The largest absolute Gasteiger partial charge is 0.478 e. The van der Waals surface area contributed by atoms with E-state index in [2.05, 4.69) is 17.2 Å². The summed E-state index contributed by atoms with van der Waals surface area (Å²) in [7, 11) is 0. The van der Waals surface area contributed by atoms with Crippen LogP contribution in [-0.4, -0.2) is 39.5 Å². The van der Waals surface area contributed by atoms with E-state index in [1.165, 1.54) is 18.3 Å². The molecule has 0 bridgehead atoms. The summed E-state index contributed by atoms with van der Waals surface area (Å²) in [5.74, 6) is 0.643. The van der Waals surface area contributed by atoms with Gasteiger partial charge in [0.05, 0.1) is 5.56 Å². The van der Waals surface area contributed by atoms with Crippen LogP contribution in [0, 0.1) is 0 Å². The van der Waals surface area contributed by atoms with Crippen molar-refractivity contribution < 1.29 is 14.7 Å². The van der Waals surface area contributed by atoms with E-state index < -0.39 is 5.97 Å². The number of amides is 1. The minimum absolute atomic E-state index is 0.0434. The molecule has 0 radical (unpaired) electrons. The second-order valence-electron chi connectivity index (χ2n) is 4.10. The second kappa shape index (κ2) is 7.78. The molecule has 1 aromatic rings. The minimum Gasteiger partial charge on any atom is -0.478 e. The minimum atomic E-state index is -1.07. The van der Waals surface area contributed by atoms with Gasteiger partial charge in [-0.2, -0.15) is 11.8 Å². The number of hydrogen-bond acceptors (Lipinski definition) is 4. The molecule has 0 aliphatic rings. The highest BCUT2D eigenvalue weighted by molar-refractivity contribution is 7.99. The van der Waals surface area contributed by atoms with Crippen LogP contribution in [0.4, 0.5) is 0 Å². The summed E-state index contributed by atoms with van der Waals surface area (Å²) in [5, 5.41) is 11.7. The zero-order valence-electron chi connectivity index (χ0n) is 11.0. The maximum Gasteiger partial charge on any atom is 0.335 e. The van der Waals surface area contributed by atoms with Crippen molar-refractivity contribution in [3.8, 4) is 0 Å². The van der Waals surface area contributed by atoms with Gasteiger partial charge >= 0.3 is 5.97 Å². The molecule has 0 aliphatic carbocycles. The van der Waals surface area contributed by atoms with Gasteiger partial charge in [0.1, 0.15) is 5.69 Å². The van der Waals surface area contributed by atoms with E-state index in [1.807, 2.05) is 18.7 Å². The van der Waals surface area contributed by atoms with Crippen molar-refractivity contribution in [1.82, 2.24) is 10.3 Å². The van der Waals surface area contributed by atoms with Crippen molar-refractivity contribution in [3.63, 3.8) is 0 Å². The van der Waals surface area contributed by atoms with Gasteiger partial charge in [-0.15, -0.1) is 0 Å². The Bertz CT molecular complexity index is 451. The summed E-state index contributed by atoms with van der Waals surface area (Å²) in [6, 6.07) is 2.69. The topological polar surface area (TPSA) is 79.3 Å². The molecule has 0 saturated carbocycles. The van der Waals surface area contributed by atoms with Crippen LogP contribution in [0.2, 0.25) is 0 Å². The van der Waals surface area contributed by atoms with Gasteiger partial charge in [-0.3, -0.25) is 9.78 Å². The summed E-state index contributed by atoms with van der Waals surface area (Å²) in [6.45, 7) is 4.02. The maximum atomic E-state index is 11.9. The fourth-order valence-corrected chi connectivity index (χ4v) is 2.27. The van der Waals surface area contributed by atoms with Crippen molar-refractivity contribution in [3.05, 3.63) is 29.6 Å². The number of aromatic nitrogens is 1. The molecule has 1 atom stereocenters. The van der Waals surface area contributed by atoms with Crippen molar-refractivity contribution in [2.75, 3.05) is 11.5 Å². The molecule has 2 N–H and O–H groups in total. The first-order valence-corrected chi connectivity index (χ1v) is 7.28. The van der Waals surface area contributed by atoms with Gasteiger partial charge in [-0.05, 0) is 37.0 Å². The molecule has 5 nitrogen and oxygen atoms in total. The summed E-state index contributed by atoms with van der Waals surface area (Å²) in [4.78, 5) is 26.6. The van der Waals surface area contributed by atoms with Crippen LogP contribution in [0.15, 0.2) is 18.3 Å². The first kappa shape index (κ1) is 15.5. The van der Waals surface area contributed by atoms with Crippen LogP contribution in [-0.2, 0) is 0 Å². The third-order valence-electron chi connectivity index (χ3n) is 2.52. The highest BCUT2D eigenvalue weighted by Crippen LogP contribution is 2.06. The van der Waals surface area contributed by atoms with Gasteiger partial charge in [0, 0.05) is 12.2 Å². The Morgan fingerprint density at radius 2 is 2.26 bits per heavy atom. The molecule has 0 fully saturated rings. The number of carboxylic acids is 1. The van der Waals surface area contributed by atoms with E-state index in [-0.39, 0.29) is 23.2 Å². The predicted octanol–water partition coefficient (Wildman–Crippen LogP) is 2.04. The molecule has 0 saturated heterocycles. The lowest BCUT2D eigenvalue weighted by Gasteiger charge is -2.13. The number of thioether (sulfide) groups is 1. The monoisotopic (exact) mass is 282 g/mol. The Morgan fingerprint density at radius 1 is 1.53 bits per heavy atom. The molecular formula is C13H18N2O3S. The van der Waals surface area contributed by atoms with Gasteiger partial charge in [-0.25, -0.2) is 4.79 Å². The van der Waals surface area contributed by atoms with Crippen molar-refractivity contribution >= 4 is 23.6 Å². The number of carbonyl (C=O) groups excluding carboxylic acids is 1. The van der Waals surface area contributed by atoms with Crippen LogP contribution in [0.1, 0.15) is 41.1 Å². The number of nitrogens with zero attached hydrogens (tertiary/aromatic N) is 1. The average Bonchev–Trinajstić information content (AvgIpc) is 2.39. The van der Waals surface area contributed by atoms with E-state index in [1.54, 1.807) is 0 Å². The lowest BCUT2D eigenvalue weighted by atomic mass is 10.2. The molecule has 0 aliphatic heterocycles. The first-order valence-electron chi connectivity index (χ1n) is 6.12. The fourth-order valence-electron chi connectivity index (χ4n) is 1.46. The van der Waals surface area contributed by atoms with Gasteiger partial charge in [0.15, 0.2) is 0 Å². The van der Waals surface area contributed by atoms with Crippen LogP contribution < -0.4 is 5.32 Å². The molecule has 104 valence electrons. The average molecular weight is 282 g/mol. The Hall–Kier alpha value is -1.56. The van der Waals surface area contributed by atoms with Gasteiger partial charge in [-0.1, -0.05) is 6.92 Å². The van der Waals surface area contributed by atoms with Crippen molar-refractivity contribution in [2.45, 2.75) is 26.3 Å². The highest BCUT2D eigenvalue weighted by Gasteiger charge is 2.13. The maximum absolute atomic E-state index is 11.9. The summed E-state index contributed by atoms with van der Waals surface area (Å²) in [6.07, 6.45) is 2.21. The van der Waals surface area contributed by atoms with Crippen LogP contribution in [0.5, 0.6) is 0 Å². The first-order chi connectivity index (χ1) is 9.04. The molecule has 1 amide bonds. The highest BCUT2D eigenvalue weighted by atomic mass is 32.2. The summed E-state index contributed by atoms with van der Waals surface area (Å²) >= 11 is 1.82. The van der Waals surface area contributed by atoms with E-state index in [0.717, 1.165) is 17.9 Å². The van der Waals surface area contributed by atoms with E-state index >= 15 is 0 Å². The zero-order chi connectivity index (χ0) is 14.3. The lowest BCUT2D eigenvalue weighted by Crippen LogP contribution is -2.33. The molecule has 1 rings (SSSR count). The van der Waals surface area contributed by atoms with Crippen molar-refractivity contribution in [2.24, 2.45) is 0 Å². The summed E-state index contributed by atoms with van der Waals surface area (Å²) < 4.78 is 0. The van der Waals surface area contributed by atoms with Gasteiger partial charge in [0.25, 0.3) is 5.91 Å². The van der Waals surface area contributed by atoms with E-state index in [9.17, 15) is 9.59 Å². The third kappa shape index (κ3) is 5.30. The number of nitrogens with one attached hydrogen (secondary N) is 1. The Morgan fingerprint density at radius 3 is 2.89 bits per heavy atom. The van der Waals surface area contributed by atoms with Crippen LogP contribution in [0.25, 0.3) is 0 Å². The molecule has 0 aromatic carbocycles. The Kier molecular flexibility index (Phi) is 6.35. The molecule has 1 unspecified atom stereocenters. The molecule has 6 heteroatoms. The van der Waals surface area contributed by atoms with Gasteiger partial charge in [0.2, 0.25) is 0 Å². The predicted molar refractivity (Wildman–Crippen MR) is 75.7 cm³/mol. The molecule has 19 heavy (non-hydrogen) atoms. The molecular weight excluding hydrogens is 264 g/mol. The summed E-state index contributed by atoms with van der Waals surface area (Å²) in [5.41, 5.74) is 0.198. The lowest BCUT2D eigenvalue weighted by molar-refractivity contribution is 0.0696. The number of carboxylic acid groups (broad SMARTS) is 1. The second-order valence-corrected chi connectivity index (χ2v) is 5.49. The van der Waals surface area contributed by atoms with Crippen LogP contribution in [0.3, 0.4) is 0 Å². The number of pyridine rings is 1. The number of aromatic carboxylic acids is 1. The van der Waals surface area contributed by atoms with E-state index in [4.69, 9.17) is 5.11 Å². The fraction of sp³-hybridized carbons (Fsp3) is 0.462. The van der Waals surface area contributed by atoms with Crippen LogP contribution >= 0.6 is 11.8 Å². The standard InChI is InChI=1S/C13H18N2O3S/c1-3-19-7-5-9(2)15-12(16)11-8-10(13(17)18)4-6-14-11/h4,6,8-9H,3,5,7H2,1-2H3,(H,15,16)(H,17,18). The molecule has 1 aromatic heterocycles. The number of carbonyl (C=O) groups is 2. The van der Waals surface area contributed by atoms with Crippen molar-refractivity contribution in [1.29, 1.82) is 0 Å². The normalized spacial score (nSPS) is 11.9.